The number of nitrogens with zero attached hydrogens (tertiary/aromatic N) is 1. The first-order chi connectivity index (χ1) is 9.05. The molecule has 1 amide bonds. The smallest absolute Gasteiger partial charge is 0.234 e. The van der Waals surface area contributed by atoms with E-state index in [1.54, 1.807) is 12.4 Å². The summed E-state index contributed by atoms with van der Waals surface area (Å²) >= 11 is 0. The fourth-order valence-corrected chi connectivity index (χ4v) is 3.66. The third-order valence-electron chi connectivity index (χ3n) is 3.02. The fraction of sp³-hybridized carbons (Fsp3) is 0.500. The Morgan fingerprint density at radius 2 is 2.11 bits per heavy atom. The number of amides is 1. The minimum atomic E-state index is -2.90. The number of rotatable bonds is 5. The Balaban J connectivity index is 1.68. The van der Waals surface area contributed by atoms with Gasteiger partial charge in [0, 0.05) is 25.0 Å². The first kappa shape index (κ1) is 14.0. The van der Waals surface area contributed by atoms with E-state index in [2.05, 4.69) is 15.6 Å². The Kier molecular flexibility index (Phi) is 4.49. The van der Waals surface area contributed by atoms with Gasteiger partial charge >= 0.3 is 0 Å². The second-order valence-corrected chi connectivity index (χ2v) is 6.84. The molecule has 0 saturated carbocycles. The Labute approximate surface area is 112 Å². The second kappa shape index (κ2) is 6.12. The third-order valence-corrected chi connectivity index (χ3v) is 4.79. The molecule has 1 aliphatic rings. The van der Waals surface area contributed by atoms with Gasteiger partial charge in [0.2, 0.25) is 5.91 Å². The van der Waals surface area contributed by atoms with E-state index in [4.69, 9.17) is 0 Å². The van der Waals surface area contributed by atoms with Crippen molar-refractivity contribution in [3.05, 3.63) is 30.1 Å². The average Bonchev–Trinajstić information content (AvgIpc) is 2.75. The van der Waals surface area contributed by atoms with Crippen LogP contribution in [-0.4, -0.2) is 43.4 Å². The molecule has 2 heterocycles. The van der Waals surface area contributed by atoms with Crippen LogP contribution in [0.2, 0.25) is 0 Å². The summed E-state index contributed by atoms with van der Waals surface area (Å²) in [5.41, 5.74) is 0.979. The molecular weight excluding hydrogens is 266 g/mol. The molecule has 19 heavy (non-hydrogen) atoms. The molecule has 1 unspecified atom stereocenters. The van der Waals surface area contributed by atoms with Gasteiger partial charge in [0.25, 0.3) is 0 Å². The van der Waals surface area contributed by atoms with Crippen LogP contribution in [0.5, 0.6) is 0 Å². The fourth-order valence-electron chi connectivity index (χ4n) is 1.96. The van der Waals surface area contributed by atoms with Crippen molar-refractivity contribution in [2.45, 2.75) is 19.0 Å². The monoisotopic (exact) mass is 283 g/mol. The summed E-state index contributed by atoms with van der Waals surface area (Å²) in [6, 6.07) is 3.56. The lowest BCUT2D eigenvalue weighted by molar-refractivity contribution is -0.120. The van der Waals surface area contributed by atoms with E-state index in [1.165, 1.54) is 0 Å². The number of nitrogens with one attached hydrogen (secondary N) is 2. The van der Waals surface area contributed by atoms with Crippen molar-refractivity contribution in [2.24, 2.45) is 0 Å². The van der Waals surface area contributed by atoms with E-state index in [-0.39, 0.29) is 30.0 Å². The van der Waals surface area contributed by atoms with Crippen molar-refractivity contribution in [1.29, 1.82) is 0 Å². The van der Waals surface area contributed by atoms with Crippen LogP contribution >= 0.6 is 0 Å². The summed E-state index contributed by atoms with van der Waals surface area (Å²) in [5.74, 6) is 0.203. The maximum absolute atomic E-state index is 11.6. The van der Waals surface area contributed by atoms with Crippen molar-refractivity contribution in [2.75, 3.05) is 18.1 Å². The molecule has 2 rings (SSSR count). The number of carbonyl (C=O) groups is 1. The van der Waals surface area contributed by atoms with E-state index < -0.39 is 9.84 Å². The molecule has 0 aliphatic carbocycles. The van der Waals surface area contributed by atoms with Crippen molar-refractivity contribution in [3.63, 3.8) is 0 Å². The number of pyridine rings is 1. The molecule has 1 aromatic rings. The number of sulfone groups is 1. The zero-order chi connectivity index (χ0) is 13.7. The number of hydrogen-bond donors (Lipinski definition) is 2. The molecule has 7 heteroatoms. The van der Waals surface area contributed by atoms with Crippen LogP contribution < -0.4 is 10.6 Å². The predicted octanol–water partition coefficient (Wildman–Crippen LogP) is -0.525. The average molecular weight is 283 g/mol. The molecule has 1 aliphatic heterocycles. The lowest BCUT2D eigenvalue weighted by Crippen LogP contribution is -2.39. The highest BCUT2D eigenvalue weighted by Gasteiger charge is 2.27. The topological polar surface area (TPSA) is 88.2 Å². The standard InChI is InChI=1S/C12H17N3O3S/c16-12(15-7-10-1-4-13-5-2-10)8-14-11-3-6-19(17,18)9-11/h1-2,4-5,11,14H,3,6-9H2,(H,15,16). The maximum atomic E-state index is 11.6. The maximum Gasteiger partial charge on any atom is 0.234 e. The number of hydrogen-bond acceptors (Lipinski definition) is 5. The first-order valence-corrected chi connectivity index (χ1v) is 7.97. The molecular formula is C12H17N3O3S. The largest absolute Gasteiger partial charge is 0.351 e. The van der Waals surface area contributed by atoms with Crippen LogP contribution in [0.4, 0.5) is 0 Å². The predicted molar refractivity (Wildman–Crippen MR) is 71.1 cm³/mol. The molecule has 2 N–H and O–H groups in total. The zero-order valence-electron chi connectivity index (χ0n) is 10.5. The van der Waals surface area contributed by atoms with Crippen molar-refractivity contribution in [3.8, 4) is 0 Å². The van der Waals surface area contributed by atoms with Gasteiger partial charge in [0.05, 0.1) is 18.1 Å². The van der Waals surface area contributed by atoms with Crippen LogP contribution in [0.1, 0.15) is 12.0 Å². The molecule has 0 bridgehead atoms. The second-order valence-electron chi connectivity index (χ2n) is 4.61. The number of aromatic nitrogens is 1. The molecule has 104 valence electrons. The molecule has 1 saturated heterocycles. The molecule has 1 fully saturated rings. The summed E-state index contributed by atoms with van der Waals surface area (Å²) in [6.07, 6.45) is 3.92. The van der Waals surface area contributed by atoms with Gasteiger partial charge in [0.15, 0.2) is 9.84 Å². The van der Waals surface area contributed by atoms with Crippen LogP contribution in [0, 0.1) is 0 Å². The summed E-state index contributed by atoms with van der Waals surface area (Å²) in [4.78, 5) is 15.5. The van der Waals surface area contributed by atoms with Crippen molar-refractivity contribution >= 4 is 15.7 Å². The normalized spacial score (nSPS) is 21.2. The summed E-state index contributed by atoms with van der Waals surface area (Å²) in [5, 5.41) is 5.73. The van der Waals surface area contributed by atoms with E-state index in [9.17, 15) is 13.2 Å². The van der Waals surface area contributed by atoms with Gasteiger partial charge in [-0.25, -0.2) is 8.42 Å². The Morgan fingerprint density at radius 3 is 2.74 bits per heavy atom. The van der Waals surface area contributed by atoms with Gasteiger partial charge in [-0.3, -0.25) is 9.78 Å². The van der Waals surface area contributed by atoms with Gasteiger partial charge in [-0.05, 0) is 24.1 Å². The lowest BCUT2D eigenvalue weighted by atomic mass is 10.2. The van der Waals surface area contributed by atoms with Crippen LogP contribution in [0.3, 0.4) is 0 Å². The van der Waals surface area contributed by atoms with Crippen molar-refractivity contribution in [1.82, 2.24) is 15.6 Å². The summed E-state index contributed by atoms with van der Waals surface area (Å²) in [6.45, 7) is 0.595. The quantitative estimate of drug-likeness (QED) is 0.759. The highest BCUT2D eigenvalue weighted by Crippen LogP contribution is 2.10. The van der Waals surface area contributed by atoms with E-state index in [0.29, 0.717) is 13.0 Å². The Hall–Kier alpha value is -1.47. The van der Waals surface area contributed by atoms with E-state index in [0.717, 1.165) is 5.56 Å². The van der Waals surface area contributed by atoms with E-state index in [1.807, 2.05) is 12.1 Å². The zero-order valence-corrected chi connectivity index (χ0v) is 11.3. The molecule has 0 spiro atoms. The summed E-state index contributed by atoms with van der Waals surface area (Å²) in [7, 11) is -2.90. The lowest BCUT2D eigenvalue weighted by Gasteiger charge is -2.10. The minimum Gasteiger partial charge on any atom is -0.351 e. The van der Waals surface area contributed by atoms with Crippen LogP contribution in [0.25, 0.3) is 0 Å². The van der Waals surface area contributed by atoms with Crippen LogP contribution in [0.15, 0.2) is 24.5 Å². The first-order valence-electron chi connectivity index (χ1n) is 6.14. The van der Waals surface area contributed by atoms with Gasteiger partial charge in [-0.2, -0.15) is 0 Å². The molecule has 1 atom stereocenters. The van der Waals surface area contributed by atoms with Crippen LogP contribution in [-0.2, 0) is 21.2 Å². The SMILES string of the molecule is O=C(CNC1CCS(=O)(=O)C1)NCc1ccncc1. The third kappa shape index (κ3) is 4.60. The molecule has 1 aromatic heterocycles. The van der Waals surface area contributed by atoms with E-state index >= 15 is 0 Å². The van der Waals surface area contributed by atoms with Gasteiger partial charge in [-0.15, -0.1) is 0 Å². The molecule has 0 aromatic carbocycles. The minimum absolute atomic E-state index is 0.100. The highest BCUT2D eigenvalue weighted by molar-refractivity contribution is 7.91. The number of carbonyl (C=O) groups excluding carboxylic acids is 1. The molecule has 6 nitrogen and oxygen atoms in total. The van der Waals surface area contributed by atoms with Gasteiger partial charge < -0.3 is 10.6 Å². The highest BCUT2D eigenvalue weighted by atomic mass is 32.2. The Bertz CT molecular complexity index is 530. The van der Waals surface area contributed by atoms with Gasteiger partial charge in [-0.1, -0.05) is 0 Å². The summed E-state index contributed by atoms with van der Waals surface area (Å²) < 4.78 is 22.5. The van der Waals surface area contributed by atoms with Gasteiger partial charge in [0.1, 0.15) is 0 Å². The Morgan fingerprint density at radius 1 is 1.37 bits per heavy atom. The van der Waals surface area contributed by atoms with Crippen molar-refractivity contribution < 1.29 is 13.2 Å². The molecule has 0 radical (unpaired) electrons.